The van der Waals surface area contributed by atoms with Gasteiger partial charge in [0.1, 0.15) is 0 Å². The minimum absolute atomic E-state index is 1.19. The molecule has 0 radical (unpaired) electrons. The zero-order chi connectivity index (χ0) is 23.6. The van der Waals surface area contributed by atoms with Gasteiger partial charge in [-0.2, -0.15) is 0 Å². The van der Waals surface area contributed by atoms with Gasteiger partial charge in [-0.3, -0.25) is 0 Å². The van der Waals surface area contributed by atoms with E-state index in [1.54, 1.807) is 0 Å². The largest absolute Gasteiger partial charge is 0.354 e. The van der Waals surface area contributed by atoms with Crippen molar-refractivity contribution in [3.8, 4) is 22.3 Å². The highest BCUT2D eigenvalue weighted by molar-refractivity contribution is 7.26. The average molecular weight is 476 g/mol. The second-order valence-electron chi connectivity index (χ2n) is 9.43. The van der Waals surface area contributed by atoms with E-state index in [1.165, 1.54) is 75.0 Å². The van der Waals surface area contributed by atoms with Crippen LogP contribution in [-0.2, 0) is 0 Å². The number of nitrogens with one attached hydrogen (secondary N) is 1. The summed E-state index contributed by atoms with van der Waals surface area (Å²) < 4.78 is 2.69. The van der Waals surface area contributed by atoms with E-state index in [-0.39, 0.29) is 0 Å². The van der Waals surface area contributed by atoms with E-state index in [9.17, 15) is 0 Å². The predicted octanol–water partition coefficient (Wildman–Crippen LogP) is 10.2. The molecule has 0 saturated carbocycles. The maximum absolute atomic E-state index is 3.72. The Labute approximate surface area is 212 Å². The number of hydrogen-bond donors (Lipinski definition) is 1. The smallest absolute Gasteiger partial charge is 0.0478 e. The van der Waals surface area contributed by atoms with Crippen molar-refractivity contribution in [1.29, 1.82) is 0 Å². The number of para-hydroxylation sites is 1. The van der Waals surface area contributed by atoms with Crippen LogP contribution in [0.25, 0.3) is 75.0 Å². The van der Waals surface area contributed by atoms with Crippen molar-refractivity contribution in [1.82, 2.24) is 4.98 Å². The van der Waals surface area contributed by atoms with Crippen LogP contribution in [-0.4, -0.2) is 4.98 Å². The molecule has 36 heavy (non-hydrogen) atoms. The zero-order valence-corrected chi connectivity index (χ0v) is 20.3. The lowest BCUT2D eigenvalue weighted by Crippen LogP contribution is -1.83. The fraction of sp³-hybridized carbons (Fsp3) is 0. The van der Waals surface area contributed by atoms with E-state index in [2.05, 4.69) is 126 Å². The van der Waals surface area contributed by atoms with Crippen molar-refractivity contribution in [2.24, 2.45) is 0 Å². The fourth-order valence-corrected chi connectivity index (χ4v) is 7.00. The van der Waals surface area contributed by atoms with Crippen molar-refractivity contribution in [3.05, 3.63) is 121 Å². The summed E-state index contributed by atoms with van der Waals surface area (Å²) in [5, 5.41) is 7.96. The predicted molar refractivity (Wildman–Crippen MR) is 157 cm³/mol. The van der Waals surface area contributed by atoms with Gasteiger partial charge in [0.05, 0.1) is 0 Å². The van der Waals surface area contributed by atoms with Gasteiger partial charge < -0.3 is 4.98 Å². The number of H-pyrrole nitrogens is 1. The molecule has 0 aliphatic carbocycles. The second kappa shape index (κ2) is 7.55. The molecule has 0 unspecified atom stereocenters. The lowest BCUT2D eigenvalue weighted by molar-refractivity contribution is 1.55. The molecule has 168 valence electrons. The van der Waals surface area contributed by atoms with Crippen LogP contribution in [0.1, 0.15) is 0 Å². The van der Waals surface area contributed by atoms with Gasteiger partial charge in [0.25, 0.3) is 0 Å². The van der Waals surface area contributed by atoms with E-state index in [0.29, 0.717) is 0 Å². The first-order chi connectivity index (χ1) is 17.8. The zero-order valence-electron chi connectivity index (χ0n) is 19.5. The average Bonchev–Trinajstić information content (AvgIpc) is 3.51. The molecule has 1 nitrogen and oxygen atoms in total. The third-order valence-corrected chi connectivity index (χ3v) is 8.59. The molecular formula is C34H21NS. The first-order valence-corrected chi connectivity index (χ1v) is 13.1. The van der Waals surface area contributed by atoms with Crippen LogP contribution in [0.15, 0.2) is 121 Å². The van der Waals surface area contributed by atoms with Crippen molar-refractivity contribution in [3.63, 3.8) is 0 Å². The molecule has 1 N–H and O–H groups in total. The molecule has 6 aromatic carbocycles. The van der Waals surface area contributed by atoms with Gasteiger partial charge in [0.2, 0.25) is 0 Å². The Morgan fingerprint density at radius 2 is 1.17 bits per heavy atom. The first kappa shape index (κ1) is 19.9. The van der Waals surface area contributed by atoms with Gasteiger partial charge in [-0.15, -0.1) is 11.3 Å². The van der Waals surface area contributed by atoms with E-state index in [1.807, 2.05) is 11.3 Å². The number of aromatic amines is 1. The molecule has 0 aliphatic heterocycles. The van der Waals surface area contributed by atoms with Crippen molar-refractivity contribution < 1.29 is 0 Å². The highest BCUT2D eigenvalue weighted by Crippen LogP contribution is 2.48. The second-order valence-corrected chi connectivity index (χ2v) is 10.5. The molecule has 2 aromatic heterocycles. The molecule has 8 aromatic rings. The highest BCUT2D eigenvalue weighted by atomic mass is 32.1. The summed E-state index contributed by atoms with van der Waals surface area (Å²) in [7, 11) is 0. The third-order valence-electron chi connectivity index (χ3n) is 7.40. The molecular weight excluding hydrogens is 454 g/mol. The van der Waals surface area contributed by atoms with Crippen molar-refractivity contribution >= 4 is 64.1 Å². The SMILES string of the molecule is c1ccc(-c2ccc(-c3cc4[nH]c5ccccc5c4c4c3sc3ccc5ccccc5c34)cc2)cc1. The maximum atomic E-state index is 3.72. The number of benzene rings is 6. The summed E-state index contributed by atoms with van der Waals surface area (Å²) >= 11 is 1.91. The summed E-state index contributed by atoms with van der Waals surface area (Å²) in [6.45, 7) is 0. The summed E-state index contributed by atoms with van der Waals surface area (Å²) in [5.41, 5.74) is 7.40. The van der Waals surface area contributed by atoms with E-state index in [4.69, 9.17) is 0 Å². The number of aromatic nitrogens is 1. The summed E-state index contributed by atoms with van der Waals surface area (Å²) in [5.74, 6) is 0. The van der Waals surface area contributed by atoms with Crippen LogP contribution >= 0.6 is 11.3 Å². The topological polar surface area (TPSA) is 15.8 Å². The molecule has 0 bridgehead atoms. The van der Waals surface area contributed by atoms with Crippen LogP contribution in [0.3, 0.4) is 0 Å². The molecule has 8 rings (SSSR count). The van der Waals surface area contributed by atoms with Gasteiger partial charge in [-0.25, -0.2) is 0 Å². The standard InChI is InChI=1S/C34H21NS/c1-2-8-21(9-3-1)22-14-16-24(17-15-22)27-20-29-31(26-12-6-7-13-28(26)35-29)33-32-25-11-5-4-10-23(25)18-19-30(32)36-34(27)33/h1-20,35H. The number of hydrogen-bond acceptors (Lipinski definition) is 1. The Bertz CT molecular complexity index is 2080. The molecule has 2 heterocycles. The summed E-state index contributed by atoms with van der Waals surface area (Å²) in [6.07, 6.45) is 0. The monoisotopic (exact) mass is 475 g/mol. The Morgan fingerprint density at radius 1 is 0.472 bits per heavy atom. The third kappa shape index (κ3) is 2.82. The van der Waals surface area contributed by atoms with Gasteiger partial charge in [0, 0.05) is 47.5 Å². The number of fused-ring (bicyclic) bond motifs is 9. The van der Waals surface area contributed by atoms with Gasteiger partial charge in [-0.05, 0) is 45.7 Å². The number of thiophene rings is 1. The van der Waals surface area contributed by atoms with Gasteiger partial charge in [0.15, 0.2) is 0 Å². The molecule has 0 amide bonds. The van der Waals surface area contributed by atoms with Crippen molar-refractivity contribution in [2.45, 2.75) is 0 Å². The molecule has 0 fully saturated rings. The minimum Gasteiger partial charge on any atom is -0.354 e. The molecule has 0 saturated heterocycles. The van der Waals surface area contributed by atoms with E-state index >= 15 is 0 Å². The van der Waals surface area contributed by atoms with Gasteiger partial charge >= 0.3 is 0 Å². The lowest BCUT2D eigenvalue weighted by atomic mass is 9.95. The minimum atomic E-state index is 1.19. The fourth-order valence-electron chi connectivity index (χ4n) is 5.73. The lowest BCUT2D eigenvalue weighted by Gasteiger charge is -2.08. The van der Waals surface area contributed by atoms with Gasteiger partial charge in [-0.1, -0.05) is 103 Å². The van der Waals surface area contributed by atoms with Crippen molar-refractivity contribution in [2.75, 3.05) is 0 Å². The summed E-state index contributed by atoms with van der Waals surface area (Å²) in [6, 6.07) is 44.0. The Hall–Kier alpha value is -4.40. The first-order valence-electron chi connectivity index (χ1n) is 12.3. The molecule has 0 atom stereocenters. The maximum Gasteiger partial charge on any atom is 0.0478 e. The molecule has 2 heteroatoms. The van der Waals surface area contributed by atoms with Crippen LogP contribution < -0.4 is 0 Å². The van der Waals surface area contributed by atoms with E-state index in [0.717, 1.165) is 0 Å². The Kier molecular flexibility index (Phi) is 4.16. The normalized spacial score (nSPS) is 11.9. The van der Waals surface area contributed by atoms with E-state index < -0.39 is 0 Å². The quantitative estimate of drug-likeness (QED) is 0.256. The highest BCUT2D eigenvalue weighted by Gasteiger charge is 2.19. The number of rotatable bonds is 2. The van der Waals surface area contributed by atoms with Crippen LogP contribution in [0.2, 0.25) is 0 Å². The van der Waals surface area contributed by atoms with Crippen LogP contribution in [0, 0.1) is 0 Å². The Balaban J connectivity index is 1.50. The van der Waals surface area contributed by atoms with Crippen LogP contribution in [0.4, 0.5) is 0 Å². The Morgan fingerprint density at radius 3 is 2.03 bits per heavy atom. The summed E-state index contributed by atoms with van der Waals surface area (Å²) in [4.78, 5) is 3.72. The molecule has 0 spiro atoms. The molecule has 0 aliphatic rings. The van der Waals surface area contributed by atoms with Crippen LogP contribution in [0.5, 0.6) is 0 Å².